The summed E-state index contributed by atoms with van der Waals surface area (Å²) in [5.41, 5.74) is -1.71. The number of aromatic nitrogens is 8. The van der Waals surface area contributed by atoms with E-state index in [0.717, 1.165) is 0 Å². The lowest BCUT2D eigenvalue weighted by Gasteiger charge is -2.16. The van der Waals surface area contributed by atoms with Crippen molar-refractivity contribution in [1.82, 2.24) is 39.5 Å². The molecule has 0 amide bonds. The Morgan fingerprint density at radius 2 is 1.68 bits per heavy atom. The lowest BCUT2D eigenvalue weighted by molar-refractivity contribution is -0.0511. The molecule has 4 atom stereocenters. The van der Waals surface area contributed by atoms with Gasteiger partial charge in [-0.15, -0.1) is 0 Å². The van der Waals surface area contributed by atoms with E-state index in [0.29, 0.717) is 0 Å². The third-order valence-electron chi connectivity index (χ3n) is 4.58. The minimum absolute atomic E-state index is 0.0413. The van der Waals surface area contributed by atoms with Gasteiger partial charge in [0.2, 0.25) is 0 Å². The average molecular weight is 436 g/mol. The quantitative estimate of drug-likeness (QED) is 0.151. The molecule has 8 N–H and O–H groups in total. The fourth-order valence-corrected chi connectivity index (χ4v) is 3.12. The number of ether oxygens (including phenoxy) is 1. The van der Waals surface area contributed by atoms with Crippen LogP contribution in [0.1, 0.15) is 6.23 Å². The van der Waals surface area contributed by atoms with Crippen molar-refractivity contribution in [3.05, 3.63) is 54.3 Å². The Kier molecular flexibility index (Phi) is 5.11. The maximum absolute atomic E-state index is 11.5. The molecule has 31 heavy (non-hydrogen) atoms. The number of hydrogen-bond donors (Lipinski definition) is 8. The first-order chi connectivity index (χ1) is 14.8. The Hall–Kier alpha value is -3.86. The van der Waals surface area contributed by atoms with Crippen LogP contribution in [0, 0.1) is 0 Å². The van der Waals surface area contributed by atoms with E-state index in [1.807, 2.05) is 4.98 Å². The predicted molar refractivity (Wildman–Crippen MR) is 101 cm³/mol. The summed E-state index contributed by atoms with van der Waals surface area (Å²) in [5.74, 6) is 0. The largest absolute Gasteiger partial charge is 0.394 e. The number of aromatic amines is 5. The first-order valence-electron chi connectivity index (χ1n) is 8.77. The molecule has 0 saturated carbocycles. The molecule has 4 aromatic rings. The molecule has 5 heterocycles. The summed E-state index contributed by atoms with van der Waals surface area (Å²) in [5, 5.41) is 28.6. The number of nitrogens with zero attached hydrogens (tertiary/aromatic N) is 3. The number of fused-ring (bicyclic) bond motifs is 2. The van der Waals surface area contributed by atoms with Gasteiger partial charge in [0.25, 0.3) is 11.1 Å². The van der Waals surface area contributed by atoms with Crippen molar-refractivity contribution >= 4 is 22.3 Å². The van der Waals surface area contributed by atoms with E-state index >= 15 is 0 Å². The zero-order valence-corrected chi connectivity index (χ0v) is 15.4. The molecule has 4 aromatic heterocycles. The maximum Gasteiger partial charge on any atom is 0.327 e. The zero-order valence-electron chi connectivity index (χ0n) is 15.4. The molecule has 0 aliphatic carbocycles. The van der Waals surface area contributed by atoms with Crippen molar-refractivity contribution < 1.29 is 20.1 Å². The first-order valence-corrected chi connectivity index (χ1v) is 8.77. The molecule has 0 radical (unpaired) electrons. The van der Waals surface area contributed by atoms with E-state index in [2.05, 4.69) is 29.9 Å². The topological polar surface area (TPSA) is 248 Å². The van der Waals surface area contributed by atoms with Gasteiger partial charge >= 0.3 is 11.4 Å². The van der Waals surface area contributed by atoms with Gasteiger partial charge in [0, 0.05) is 0 Å². The fraction of sp³-hybridized carbons (Fsp3) is 0.333. The standard InChI is InChI=1S/C10H12N4O5.C5H4N4O3/c15-1-4-6(16)7(17)10(19-4)14-3-13-5-8(14)11-2-12-9(5)18;10-3-1-2(7-4(11)6-1)8-5(12)9-3/h2-4,6-7,10,15-17H,1H2,(H,11,12,18);(H4,6,7,8,9,10,11,12)/t4-,6-,7-,10-;/m1./s1. The van der Waals surface area contributed by atoms with Gasteiger partial charge in [-0.25, -0.2) is 19.6 Å². The number of aliphatic hydroxyl groups is 3. The van der Waals surface area contributed by atoms with Gasteiger partial charge in [-0.1, -0.05) is 0 Å². The van der Waals surface area contributed by atoms with Gasteiger partial charge in [0.05, 0.1) is 19.3 Å². The summed E-state index contributed by atoms with van der Waals surface area (Å²) in [6.45, 7) is -0.421. The highest BCUT2D eigenvalue weighted by atomic mass is 16.6. The minimum atomic E-state index is -1.24. The summed E-state index contributed by atoms with van der Waals surface area (Å²) in [6.07, 6.45) is -1.78. The van der Waals surface area contributed by atoms with Crippen LogP contribution in [0.15, 0.2) is 31.8 Å². The summed E-state index contributed by atoms with van der Waals surface area (Å²) < 4.78 is 6.70. The maximum atomic E-state index is 11.5. The van der Waals surface area contributed by atoms with Crippen LogP contribution in [0.3, 0.4) is 0 Å². The van der Waals surface area contributed by atoms with Crippen LogP contribution in [0.25, 0.3) is 22.3 Å². The molecular formula is C15H16N8O8. The van der Waals surface area contributed by atoms with Crippen molar-refractivity contribution in [3.63, 3.8) is 0 Å². The van der Waals surface area contributed by atoms with Crippen LogP contribution < -0.4 is 22.5 Å². The van der Waals surface area contributed by atoms with Crippen LogP contribution in [0.4, 0.5) is 0 Å². The molecule has 1 aliphatic heterocycles. The Labute approximate surface area is 168 Å². The SMILES string of the molecule is O=c1[nH]c(=O)c2[nH]c(=O)[nH]c2[nH]1.O=c1[nH]cnc2c1ncn2[C@@H]1O[C@H](CO)[C@@H](O)[C@H]1O. The van der Waals surface area contributed by atoms with Crippen LogP contribution in [-0.2, 0) is 4.74 Å². The van der Waals surface area contributed by atoms with E-state index in [1.54, 1.807) is 0 Å². The van der Waals surface area contributed by atoms with Crippen LogP contribution in [0.2, 0.25) is 0 Å². The third-order valence-corrected chi connectivity index (χ3v) is 4.58. The third kappa shape index (κ3) is 3.59. The highest BCUT2D eigenvalue weighted by molar-refractivity contribution is 5.69. The predicted octanol–water partition coefficient (Wildman–Crippen LogP) is -4.04. The summed E-state index contributed by atoms with van der Waals surface area (Å²) in [7, 11) is 0. The highest BCUT2D eigenvalue weighted by Crippen LogP contribution is 2.30. The number of aliphatic hydroxyl groups excluding tert-OH is 3. The fourth-order valence-electron chi connectivity index (χ4n) is 3.12. The number of imidazole rings is 2. The highest BCUT2D eigenvalue weighted by Gasteiger charge is 2.43. The molecule has 16 heteroatoms. The second-order valence-electron chi connectivity index (χ2n) is 6.52. The number of rotatable bonds is 2. The van der Waals surface area contributed by atoms with E-state index in [4.69, 9.17) is 9.84 Å². The van der Waals surface area contributed by atoms with Gasteiger partial charge in [0.1, 0.15) is 29.5 Å². The molecule has 164 valence electrons. The van der Waals surface area contributed by atoms with Gasteiger partial charge in [0.15, 0.2) is 17.4 Å². The lowest BCUT2D eigenvalue weighted by atomic mass is 10.1. The van der Waals surface area contributed by atoms with Gasteiger partial charge in [-0.3, -0.25) is 34.1 Å². The zero-order chi connectivity index (χ0) is 22.3. The van der Waals surface area contributed by atoms with Crippen molar-refractivity contribution in [1.29, 1.82) is 0 Å². The van der Waals surface area contributed by atoms with Crippen LogP contribution >= 0.6 is 0 Å². The molecule has 0 bridgehead atoms. The van der Waals surface area contributed by atoms with Crippen LogP contribution in [-0.4, -0.2) is 79.7 Å². The van der Waals surface area contributed by atoms with E-state index < -0.39 is 53.6 Å². The molecule has 5 rings (SSSR count). The Morgan fingerprint density at radius 3 is 2.35 bits per heavy atom. The Morgan fingerprint density at radius 1 is 0.968 bits per heavy atom. The summed E-state index contributed by atoms with van der Waals surface area (Å²) in [6, 6.07) is 0. The lowest BCUT2D eigenvalue weighted by Crippen LogP contribution is -2.33. The normalized spacial score (nSPS) is 23.2. The van der Waals surface area contributed by atoms with Gasteiger partial charge in [-0.05, 0) is 0 Å². The number of hydrogen-bond acceptors (Lipinski definition) is 10. The molecule has 0 unspecified atom stereocenters. The van der Waals surface area contributed by atoms with Crippen molar-refractivity contribution in [2.45, 2.75) is 24.5 Å². The Balaban J connectivity index is 0.000000166. The molecule has 1 saturated heterocycles. The van der Waals surface area contributed by atoms with E-state index in [1.165, 1.54) is 17.2 Å². The molecule has 1 aliphatic rings. The molecule has 0 spiro atoms. The molecule has 1 fully saturated rings. The number of H-pyrrole nitrogens is 5. The monoisotopic (exact) mass is 436 g/mol. The smallest absolute Gasteiger partial charge is 0.327 e. The summed E-state index contributed by atoms with van der Waals surface area (Å²) >= 11 is 0. The molecule has 0 aromatic carbocycles. The molecular weight excluding hydrogens is 420 g/mol. The summed E-state index contributed by atoms with van der Waals surface area (Å²) in [4.78, 5) is 62.7. The van der Waals surface area contributed by atoms with Crippen molar-refractivity contribution in [3.8, 4) is 0 Å². The van der Waals surface area contributed by atoms with Crippen molar-refractivity contribution in [2.75, 3.05) is 6.61 Å². The van der Waals surface area contributed by atoms with E-state index in [-0.39, 0.29) is 22.3 Å². The van der Waals surface area contributed by atoms with Crippen molar-refractivity contribution in [2.24, 2.45) is 0 Å². The average Bonchev–Trinajstić information content (AvgIpc) is 3.39. The first kappa shape index (κ1) is 20.4. The second-order valence-corrected chi connectivity index (χ2v) is 6.52. The minimum Gasteiger partial charge on any atom is -0.394 e. The Bertz CT molecular complexity index is 1460. The molecule has 16 nitrogen and oxygen atoms in total. The number of nitrogens with one attached hydrogen (secondary N) is 5. The van der Waals surface area contributed by atoms with Crippen LogP contribution in [0.5, 0.6) is 0 Å². The second kappa shape index (κ2) is 7.76. The van der Waals surface area contributed by atoms with Gasteiger partial charge < -0.3 is 25.0 Å². The van der Waals surface area contributed by atoms with Gasteiger partial charge in [-0.2, -0.15) is 0 Å². The van der Waals surface area contributed by atoms with E-state index in [9.17, 15) is 29.4 Å².